The van der Waals surface area contributed by atoms with Crippen LogP contribution in [0.15, 0.2) is 72.9 Å². The molecule has 0 bridgehead atoms. The maximum atomic E-state index is 12.6. The fraction of sp³-hybridized carbons (Fsp3) is 0.643. The van der Waals surface area contributed by atoms with Gasteiger partial charge in [0.1, 0.15) is 12.6 Å². The Hall–Kier alpha value is -3.12. The van der Waals surface area contributed by atoms with E-state index >= 15 is 0 Å². The molecule has 0 aromatic rings. The van der Waals surface area contributed by atoms with Crippen molar-refractivity contribution in [2.75, 3.05) is 19.8 Å². The number of carbonyl (C=O) groups is 3. The number of rotatable bonds is 36. The number of nitrogens with two attached hydrogens (primary N) is 1. The molecule has 55 heavy (non-hydrogen) atoms. The molecular formula is C42H70NO11P. The average molecular weight is 796 g/mol. The number of aliphatic hydroxyl groups is 1. The molecule has 0 heterocycles. The maximum absolute atomic E-state index is 12.6. The minimum absolute atomic E-state index is 0.0867. The first-order valence-corrected chi connectivity index (χ1v) is 21.6. The van der Waals surface area contributed by atoms with Gasteiger partial charge in [0.15, 0.2) is 6.10 Å². The van der Waals surface area contributed by atoms with E-state index in [0.717, 1.165) is 51.4 Å². The van der Waals surface area contributed by atoms with E-state index in [0.29, 0.717) is 6.42 Å². The van der Waals surface area contributed by atoms with Gasteiger partial charge >= 0.3 is 25.7 Å². The third kappa shape index (κ3) is 36.3. The van der Waals surface area contributed by atoms with Gasteiger partial charge in [-0.15, -0.1) is 0 Å². The van der Waals surface area contributed by atoms with Gasteiger partial charge in [-0.2, -0.15) is 0 Å². The van der Waals surface area contributed by atoms with Crippen LogP contribution in [-0.2, 0) is 37.5 Å². The van der Waals surface area contributed by atoms with Crippen LogP contribution in [0.3, 0.4) is 0 Å². The molecule has 13 heteroatoms. The van der Waals surface area contributed by atoms with Crippen LogP contribution >= 0.6 is 7.82 Å². The SMILES string of the molecule is CC/C=C\C/C=C\C/C=C\C/C=C\C/C=C\C=C/C(O)CCC(=O)OC[C@H](COP(=O)(O)OC[C@H](N)C(=O)O)OC(=O)CCCCCCCCCCCCC. The summed E-state index contributed by atoms with van der Waals surface area (Å²) in [5.41, 5.74) is 5.31. The van der Waals surface area contributed by atoms with Gasteiger partial charge in [-0.25, -0.2) is 4.57 Å². The topological polar surface area (TPSA) is 192 Å². The van der Waals surface area contributed by atoms with Gasteiger partial charge < -0.3 is 30.3 Å². The number of carboxylic acid groups (broad SMARTS) is 1. The Morgan fingerprint density at radius 1 is 0.655 bits per heavy atom. The van der Waals surface area contributed by atoms with E-state index in [1.165, 1.54) is 44.9 Å². The lowest BCUT2D eigenvalue weighted by atomic mass is 10.1. The molecule has 12 nitrogen and oxygen atoms in total. The number of ether oxygens (including phenoxy) is 2. The van der Waals surface area contributed by atoms with Crippen molar-refractivity contribution in [2.45, 2.75) is 154 Å². The summed E-state index contributed by atoms with van der Waals surface area (Å²) < 4.78 is 32.4. The van der Waals surface area contributed by atoms with Gasteiger partial charge in [0, 0.05) is 12.8 Å². The third-order valence-corrected chi connectivity index (χ3v) is 9.04. The van der Waals surface area contributed by atoms with E-state index in [1.54, 1.807) is 12.2 Å². The van der Waals surface area contributed by atoms with Crippen molar-refractivity contribution < 1.29 is 52.6 Å². The highest BCUT2D eigenvalue weighted by Crippen LogP contribution is 2.43. The Morgan fingerprint density at radius 2 is 1.16 bits per heavy atom. The summed E-state index contributed by atoms with van der Waals surface area (Å²) in [5, 5.41) is 19.1. The summed E-state index contributed by atoms with van der Waals surface area (Å²) in [4.78, 5) is 45.8. The van der Waals surface area contributed by atoms with E-state index in [-0.39, 0.29) is 19.3 Å². The van der Waals surface area contributed by atoms with Gasteiger partial charge in [0.25, 0.3) is 0 Å². The van der Waals surface area contributed by atoms with Gasteiger partial charge in [-0.05, 0) is 44.9 Å². The molecule has 0 aliphatic rings. The van der Waals surface area contributed by atoms with Crippen LogP contribution < -0.4 is 5.73 Å². The van der Waals surface area contributed by atoms with Crippen molar-refractivity contribution in [2.24, 2.45) is 5.73 Å². The normalized spacial score (nSPS) is 15.1. The lowest BCUT2D eigenvalue weighted by Gasteiger charge is -2.20. The quantitative estimate of drug-likeness (QED) is 0.0155. The minimum atomic E-state index is -4.77. The first-order chi connectivity index (χ1) is 26.5. The Morgan fingerprint density at radius 3 is 1.71 bits per heavy atom. The molecule has 0 saturated carbocycles. The predicted molar refractivity (Wildman–Crippen MR) is 218 cm³/mol. The van der Waals surface area contributed by atoms with E-state index in [1.807, 2.05) is 12.2 Å². The second-order valence-electron chi connectivity index (χ2n) is 13.2. The Bertz CT molecular complexity index is 1230. The van der Waals surface area contributed by atoms with Crippen molar-refractivity contribution in [1.82, 2.24) is 0 Å². The molecule has 0 rings (SSSR count). The van der Waals surface area contributed by atoms with Crippen LogP contribution in [0.1, 0.15) is 136 Å². The number of phosphoric ester groups is 1. The molecule has 0 aliphatic heterocycles. The number of phosphoric acid groups is 1. The summed E-state index contributed by atoms with van der Waals surface area (Å²) in [6, 6.07) is -1.55. The second kappa shape index (κ2) is 36.5. The summed E-state index contributed by atoms with van der Waals surface area (Å²) in [6.45, 7) is 2.40. The van der Waals surface area contributed by atoms with Crippen LogP contribution in [0.2, 0.25) is 0 Å². The molecular weight excluding hydrogens is 725 g/mol. The van der Waals surface area contributed by atoms with Crippen LogP contribution in [0.25, 0.3) is 0 Å². The molecule has 0 fully saturated rings. The molecule has 4 atom stereocenters. The zero-order chi connectivity index (χ0) is 40.8. The molecule has 314 valence electrons. The lowest BCUT2D eigenvalue weighted by Crippen LogP contribution is -2.34. The van der Waals surface area contributed by atoms with Gasteiger partial charge in [0.05, 0.1) is 19.3 Å². The zero-order valence-electron chi connectivity index (χ0n) is 33.3. The van der Waals surface area contributed by atoms with Gasteiger partial charge in [-0.3, -0.25) is 23.4 Å². The molecule has 0 amide bonds. The number of unbranched alkanes of at least 4 members (excludes halogenated alkanes) is 10. The number of hydrogen-bond donors (Lipinski definition) is 4. The number of hydrogen-bond acceptors (Lipinski definition) is 10. The maximum Gasteiger partial charge on any atom is 0.472 e. The van der Waals surface area contributed by atoms with Gasteiger partial charge in [0.2, 0.25) is 0 Å². The van der Waals surface area contributed by atoms with E-state index in [2.05, 4.69) is 67.0 Å². The van der Waals surface area contributed by atoms with Crippen molar-refractivity contribution in [1.29, 1.82) is 0 Å². The van der Waals surface area contributed by atoms with Crippen molar-refractivity contribution in [3.05, 3.63) is 72.9 Å². The van der Waals surface area contributed by atoms with Crippen LogP contribution in [0, 0.1) is 0 Å². The fourth-order valence-electron chi connectivity index (χ4n) is 4.88. The molecule has 2 unspecified atom stereocenters. The van der Waals surface area contributed by atoms with E-state index in [4.69, 9.17) is 24.8 Å². The molecule has 0 aromatic heterocycles. The summed E-state index contributed by atoms with van der Waals surface area (Å²) in [6.07, 6.45) is 38.8. The van der Waals surface area contributed by atoms with Crippen molar-refractivity contribution in [3.63, 3.8) is 0 Å². The van der Waals surface area contributed by atoms with Crippen LogP contribution in [0.5, 0.6) is 0 Å². The van der Waals surface area contributed by atoms with Crippen molar-refractivity contribution >= 4 is 25.7 Å². The Kier molecular flexibility index (Phi) is 34.4. The molecule has 0 radical (unpaired) electrons. The predicted octanol–water partition coefficient (Wildman–Crippen LogP) is 9.14. The van der Waals surface area contributed by atoms with Crippen LogP contribution in [-0.4, -0.2) is 71.1 Å². The number of esters is 2. The Balaban J connectivity index is 4.64. The number of aliphatic hydroxyl groups excluding tert-OH is 1. The highest BCUT2D eigenvalue weighted by Gasteiger charge is 2.28. The van der Waals surface area contributed by atoms with E-state index < -0.39 is 63.8 Å². The van der Waals surface area contributed by atoms with Crippen molar-refractivity contribution in [3.8, 4) is 0 Å². The van der Waals surface area contributed by atoms with E-state index in [9.17, 15) is 28.9 Å². The Labute approximate surface area is 330 Å². The van der Waals surface area contributed by atoms with Gasteiger partial charge in [-0.1, -0.05) is 151 Å². The first kappa shape index (κ1) is 51.9. The molecule has 5 N–H and O–H groups in total. The molecule has 0 aromatic carbocycles. The minimum Gasteiger partial charge on any atom is -0.480 e. The average Bonchev–Trinajstić information content (AvgIpc) is 3.16. The monoisotopic (exact) mass is 795 g/mol. The molecule has 0 saturated heterocycles. The summed E-state index contributed by atoms with van der Waals surface area (Å²) in [5.74, 6) is -2.70. The van der Waals surface area contributed by atoms with Crippen LogP contribution in [0.4, 0.5) is 0 Å². The largest absolute Gasteiger partial charge is 0.480 e. The number of aliphatic carboxylic acids is 1. The first-order valence-electron chi connectivity index (χ1n) is 20.1. The highest BCUT2D eigenvalue weighted by atomic mass is 31.2. The second-order valence-corrected chi connectivity index (χ2v) is 14.7. The summed E-state index contributed by atoms with van der Waals surface area (Å²) in [7, 11) is -4.77. The lowest BCUT2D eigenvalue weighted by molar-refractivity contribution is -0.161. The number of carboxylic acids is 1. The third-order valence-electron chi connectivity index (χ3n) is 8.09. The fourth-order valence-corrected chi connectivity index (χ4v) is 5.66. The highest BCUT2D eigenvalue weighted by molar-refractivity contribution is 7.47. The number of carbonyl (C=O) groups excluding carboxylic acids is 2. The standard InChI is InChI=1S/C42H70NO11P/c1-3-5-7-9-11-13-15-16-17-18-19-21-22-24-26-28-30-37(44)32-33-40(45)51-34-38(35-52-55(49,50)53-36-39(43)42(47)48)54-41(46)31-29-27-25-23-20-14-12-10-8-6-4-2/h5,7,11,13,16-17,19,21,24,26,28,30,37-39,44H,3-4,6,8-10,12,14-15,18,20,22-23,25,27,29,31-36,43H2,1-2H3,(H,47,48)(H,49,50)/b7-5-,13-11-,17-16-,21-19-,26-24-,30-28-/t37?,38-,39+/m1/s1. The summed E-state index contributed by atoms with van der Waals surface area (Å²) >= 11 is 0. The smallest absolute Gasteiger partial charge is 0.472 e. The zero-order valence-corrected chi connectivity index (χ0v) is 34.2. The number of allylic oxidation sites excluding steroid dienone is 11. The molecule has 0 spiro atoms. The molecule has 0 aliphatic carbocycles.